The van der Waals surface area contributed by atoms with Gasteiger partial charge < -0.3 is 0 Å². The second-order valence-electron chi connectivity index (χ2n) is 6.26. The monoisotopic (exact) mass is 322 g/mol. The summed E-state index contributed by atoms with van der Waals surface area (Å²) < 4.78 is -0.491. The summed E-state index contributed by atoms with van der Waals surface area (Å²) in [6.45, 7) is 6.72. The van der Waals surface area contributed by atoms with Crippen LogP contribution in [0.15, 0.2) is 0 Å². The van der Waals surface area contributed by atoms with Crippen molar-refractivity contribution in [1.82, 2.24) is 0 Å². The predicted molar refractivity (Wildman–Crippen MR) is 95.0 cm³/mol. The molecule has 1 unspecified atom stereocenters. The second kappa shape index (κ2) is 13.3. The smallest absolute Gasteiger partial charge is 0.101 e. The van der Waals surface area contributed by atoms with Crippen molar-refractivity contribution in [3.05, 3.63) is 0 Å². The average molecular weight is 323 g/mol. The van der Waals surface area contributed by atoms with E-state index in [1.54, 1.807) is 0 Å². The summed E-state index contributed by atoms with van der Waals surface area (Å²) in [4.78, 5) is 0. The van der Waals surface area contributed by atoms with E-state index < -0.39 is 4.33 Å². The van der Waals surface area contributed by atoms with E-state index in [2.05, 4.69) is 20.8 Å². The molecule has 0 nitrogen and oxygen atoms in total. The molecular weight excluding hydrogens is 287 g/mol. The fraction of sp³-hybridized carbons (Fsp3) is 1.00. The molecule has 0 spiro atoms. The zero-order valence-electron chi connectivity index (χ0n) is 14.0. The molecule has 0 amide bonds. The van der Waals surface area contributed by atoms with Crippen molar-refractivity contribution in [3.8, 4) is 0 Å². The van der Waals surface area contributed by atoms with Crippen LogP contribution in [0.25, 0.3) is 0 Å². The molecule has 2 heteroatoms. The van der Waals surface area contributed by atoms with Gasteiger partial charge in [0.05, 0.1) is 0 Å². The van der Waals surface area contributed by atoms with Gasteiger partial charge in [-0.1, -0.05) is 85.0 Å². The average Bonchev–Trinajstić information content (AvgIpc) is 2.43. The molecule has 0 aromatic carbocycles. The van der Waals surface area contributed by atoms with Gasteiger partial charge in [-0.15, -0.1) is 23.2 Å². The van der Waals surface area contributed by atoms with Crippen LogP contribution in [0.2, 0.25) is 0 Å². The Labute approximate surface area is 138 Å². The maximum Gasteiger partial charge on any atom is 0.121 e. The minimum absolute atomic E-state index is 0.489. The van der Waals surface area contributed by atoms with E-state index in [0.717, 1.165) is 12.8 Å². The Kier molecular flexibility index (Phi) is 13.6. The van der Waals surface area contributed by atoms with Crippen molar-refractivity contribution in [3.63, 3.8) is 0 Å². The van der Waals surface area contributed by atoms with Gasteiger partial charge in [0.15, 0.2) is 0 Å². The van der Waals surface area contributed by atoms with Crippen molar-refractivity contribution < 1.29 is 0 Å². The third-order valence-electron chi connectivity index (χ3n) is 4.27. The number of unbranched alkanes of at least 4 members (excludes halogenated alkanes) is 7. The molecule has 0 aromatic heterocycles. The molecule has 20 heavy (non-hydrogen) atoms. The van der Waals surface area contributed by atoms with Crippen molar-refractivity contribution in [2.24, 2.45) is 5.92 Å². The Hall–Kier alpha value is 0.580. The highest BCUT2D eigenvalue weighted by Gasteiger charge is 2.32. The first-order valence-electron chi connectivity index (χ1n) is 8.96. The van der Waals surface area contributed by atoms with E-state index >= 15 is 0 Å². The minimum atomic E-state index is -0.491. The lowest BCUT2D eigenvalue weighted by Gasteiger charge is -2.30. The van der Waals surface area contributed by atoms with Gasteiger partial charge in [-0.25, -0.2) is 0 Å². The molecule has 0 N–H and O–H groups in total. The molecule has 0 saturated carbocycles. The Morgan fingerprint density at radius 3 is 1.75 bits per heavy atom. The zero-order chi connectivity index (χ0) is 15.3. The van der Waals surface area contributed by atoms with Crippen molar-refractivity contribution in [2.45, 2.75) is 109 Å². The first kappa shape index (κ1) is 20.6. The van der Waals surface area contributed by atoms with Crippen LogP contribution in [0.1, 0.15) is 104 Å². The van der Waals surface area contributed by atoms with Crippen molar-refractivity contribution in [1.29, 1.82) is 0 Å². The summed E-state index contributed by atoms with van der Waals surface area (Å²) in [7, 11) is 0. The zero-order valence-corrected chi connectivity index (χ0v) is 15.5. The molecule has 1 atom stereocenters. The summed E-state index contributed by atoms with van der Waals surface area (Å²) >= 11 is 13.3. The van der Waals surface area contributed by atoms with E-state index in [9.17, 15) is 0 Å². The Morgan fingerprint density at radius 2 is 1.15 bits per heavy atom. The number of rotatable bonds is 14. The van der Waals surface area contributed by atoms with Gasteiger partial charge >= 0.3 is 0 Å². The first-order chi connectivity index (χ1) is 9.58. The molecule has 0 aliphatic carbocycles. The summed E-state index contributed by atoms with van der Waals surface area (Å²) in [5.74, 6) is 0.489. The van der Waals surface area contributed by atoms with E-state index in [1.807, 2.05) is 0 Å². The van der Waals surface area contributed by atoms with Gasteiger partial charge in [0, 0.05) is 0 Å². The van der Waals surface area contributed by atoms with Crippen LogP contribution < -0.4 is 0 Å². The first-order valence-corrected chi connectivity index (χ1v) is 9.71. The van der Waals surface area contributed by atoms with Crippen LogP contribution in [0.4, 0.5) is 0 Å². The van der Waals surface area contributed by atoms with Crippen LogP contribution in [-0.4, -0.2) is 4.33 Å². The standard InChI is InChI=1S/C18H36Cl2/c1-4-7-10-11-12-13-15-17(14-8-5-2)18(19,20)16-9-6-3/h17H,4-16H2,1-3H3. The van der Waals surface area contributed by atoms with Crippen LogP contribution in [0, 0.1) is 5.92 Å². The Morgan fingerprint density at radius 1 is 0.650 bits per heavy atom. The molecule has 0 aliphatic heterocycles. The highest BCUT2D eigenvalue weighted by Crippen LogP contribution is 2.41. The van der Waals surface area contributed by atoms with E-state index in [4.69, 9.17) is 23.2 Å². The van der Waals surface area contributed by atoms with Gasteiger partial charge in [0.2, 0.25) is 0 Å². The second-order valence-corrected chi connectivity index (χ2v) is 7.80. The lowest BCUT2D eigenvalue weighted by atomic mass is 9.89. The van der Waals surface area contributed by atoms with Gasteiger partial charge in [-0.2, -0.15) is 0 Å². The fourth-order valence-corrected chi connectivity index (χ4v) is 3.51. The van der Waals surface area contributed by atoms with E-state index in [1.165, 1.54) is 70.6 Å². The number of hydrogen-bond donors (Lipinski definition) is 0. The van der Waals surface area contributed by atoms with Crippen LogP contribution in [-0.2, 0) is 0 Å². The maximum absolute atomic E-state index is 6.64. The van der Waals surface area contributed by atoms with Crippen molar-refractivity contribution >= 4 is 23.2 Å². The molecule has 0 aliphatic rings. The molecule has 0 bridgehead atoms. The molecule has 0 saturated heterocycles. The molecule has 0 fully saturated rings. The summed E-state index contributed by atoms with van der Waals surface area (Å²) in [5, 5.41) is 0. The third-order valence-corrected chi connectivity index (χ3v) is 5.27. The summed E-state index contributed by atoms with van der Waals surface area (Å²) in [6, 6.07) is 0. The maximum atomic E-state index is 6.64. The summed E-state index contributed by atoms with van der Waals surface area (Å²) in [5.41, 5.74) is 0. The largest absolute Gasteiger partial charge is 0.121 e. The lowest BCUT2D eigenvalue weighted by Crippen LogP contribution is -2.26. The Balaban J connectivity index is 4.06. The third kappa shape index (κ3) is 10.3. The predicted octanol–water partition coefficient (Wildman–Crippen LogP) is 7.91. The lowest BCUT2D eigenvalue weighted by molar-refractivity contribution is 0.353. The summed E-state index contributed by atoms with van der Waals surface area (Å²) in [6.07, 6.45) is 16.3. The highest BCUT2D eigenvalue weighted by atomic mass is 35.5. The number of alkyl halides is 2. The van der Waals surface area contributed by atoms with Gasteiger partial charge in [0.25, 0.3) is 0 Å². The minimum Gasteiger partial charge on any atom is -0.101 e. The Bertz CT molecular complexity index is 202. The molecule has 0 radical (unpaired) electrons. The van der Waals surface area contributed by atoms with E-state index in [0.29, 0.717) is 5.92 Å². The fourth-order valence-electron chi connectivity index (χ4n) is 2.80. The normalized spacial score (nSPS) is 13.7. The van der Waals surface area contributed by atoms with Gasteiger partial charge in [-0.3, -0.25) is 0 Å². The number of hydrogen-bond acceptors (Lipinski definition) is 0. The van der Waals surface area contributed by atoms with Crippen molar-refractivity contribution in [2.75, 3.05) is 0 Å². The van der Waals surface area contributed by atoms with Crippen LogP contribution in [0.5, 0.6) is 0 Å². The topological polar surface area (TPSA) is 0 Å². The van der Waals surface area contributed by atoms with Crippen LogP contribution in [0.3, 0.4) is 0 Å². The molecular formula is C18H36Cl2. The number of halogens is 2. The van der Waals surface area contributed by atoms with Gasteiger partial charge in [-0.05, 0) is 25.2 Å². The van der Waals surface area contributed by atoms with E-state index in [-0.39, 0.29) is 0 Å². The SMILES string of the molecule is CCCCCCCCC(CCCC)C(Cl)(Cl)CCCC. The highest BCUT2D eigenvalue weighted by molar-refractivity contribution is 6.48. The van der Waals surface area contributed by atoms with Gasteiger partial charge in [0.1, 0.15) is 4.33 Å². The quantitative estimate of drug-likeness (QED) is 0.225. The molecule has 0 aromatic rings. The van der Waals surface area contributed by atoms with Crippen LogP contribution >= 0.6 is 23.2 Å². The molecule has 0 rings (SSSR count). The molecule has 122 valence electrons. The molecule has 0 heterocycles.